The first-order chi connectivity index (χ1) is 13.2. The maximum atomic E-state index is 13.1. The molecule has 1 aliphatic heterocycles. The Morgan fingerprint density at radius 2 is 1.78 bits per heavy atom. The largest absolute Gasteiger partial charge is 0.440 e. The topological polar surface area (TPSA) is 32.5 Å². The Morgan fingerprint density at radius 1 is 1.04 bits per heavy atom. The molecule has 0 amide bonds. The zero-order valence-electron chi connectivity index (χ0n) is 15.5. The van der Waals surface area contributed by atoms with Crippen LogP contribution in [0, 0.1) is 12.7 Å². The summed E-state index contributed by atoms with van der Waals surface area (Å²) in [6.45, 7) is 7.82. The number of hydrogen-bond donors (Lipinski definition) is 0. The molecule has 3 heterocycles. The third-order valence-corrected chi connectivity index (χ3v) is 5.86. The Balaban J connectivity index is 1.35. The first kappa shape index (κ1) is 18.3. The van der Waals surface area contributed by atoms with Gasteiger partial charge < -0.3 is 4.42 Å². The van der Waals surface area contributed by atoms with Crippen molar-refractivity contribution in [3.05, 3.63) is 64.6 Å². The van der Waals surface area contributed by atoms with Crippen LogP contribution in [0.2, 0.25) is 0 Å². The van der Waals surface area contributed by atoms with E-state index in [1.807, 2.05) is 36.6 Å². The van der Waals surface area contributed by atoms with Gasteiger partial charge in [-0.25, -0.2) is 9.37 Å². The molecule has 4 nitrogen and oxygen atoms in total. The molecular weight excluding hydrogens is 361 g/mol. The molecule has 1 saturated heterocycles. The van der Waals surface area contributed by atoms with Crippen LogP contribution in [0.15, 0.2) is 46.2 Å². The highest BCUT2D eigenvalue weighted by Crippen LogP contribution is 2.26. The molecule has 6 heteroatoms. The van der Waals surface area contributed by atoms with E-state index in [-0.39, 0.29) is 5.82 Å². The number of aryl methyl sites for hydroxylation is 1. The van der Waals surface area contributed by atoms with E-state index in [9.17, 15) is 4.39 Å². The molecule has 1 fully saturated rings. The molecule has 4 rings (SSSR count). The molecule has 0 radical (unpaired) electrons. The highest BCUT2D eigenvalue weighted by atomic mass is 32.1. The lowest BCUT2D eigenvalue weighted by Crippen LogP contribution is -2.30. The number of nitrogens with zero attached hydrogens (tertiary/aromatic N) is 3. The SMILES string of the molecule is Cc1oc(-c2cccs2)nc1CN1CCCN(Cc2ccc(F)cc2)CC1. The van der Waals surface area contributed by atoms with Crippen LogP contribution in [0.4, 0.5) is 4.39 Å². The number of rotatable bonds is 5. The predicted molar refractivity (Wildman–Crippen MR) is 106 cm³/mol. The van der Waals surface area contributed by atoms with Crippen molar-refractivity contribution in [1.82, 2.24) is 14.8 Å². The van der Waals surface area contributed by atoms with Gasteiger partial charge in [0.25, 0.3) is 0 Å². The summed E-state index contributed by atoms with van der Waals surface area (Å²) in [5.41, 5.74) is 2.20. The molecular formula is C21H24FN3OS. The number of hydrogen-bond acceptors (Lipinski definition) is 5. The lowest BCUT2D eigenvalue weighted by atomic mass is 10.2. The molecule has 1 aliphatic rings. The van der Waals surface area contributed by atoms with E-state index in [0.717, 1.165) is 73.5 Å². The fourth-order valence-corrected chi connectivity index (χ4v) is 4.13. The van der Waals surface area contributed by atoms with Crippen LogP contribution in [0.1, 0.15) is 23.4 Å². The number of halogens is 1. The Bertz CT molecular complexity index is 860. The molecule has 3 aromatic rings. The first-order valence-corrected chi connectivity index (χ1v) is 10.2. The van der Waals surface area contributed by atoms with Crippen molar-refractivity contribution in [2.24, 2.45) is 0 Å². The van der Waals surface area contributed by atoms with E-state index in [0.29, 0.717) is 0 Å². The second kappa shape index (κ2) is 8.33. The van der Waals surface area contributed by atoms with Gasteiger partial charge in [-0.05, 0) is 55.6 Å². The third kappa shape index (κ3) is 4.64. The van der Waals surface area contributed by atoms with E-state index in [4.69, 9.17) is 9.40 Å². The molecule has 0 N–H and O–H groups in total. The van der Waals surface area contributed by atoms with Crippen molar-refractivity contribution in [3.63, 3.8) is 0 Å². The summed E-state index contributed by atoms with van der Waals surface area (Å²) in [6.07, 6.45) is 1.12. The summed E-state index contributed by atoms with van der Waals surface area (Å²) >= 11 is 1.65. The van der Waals surface area contributed by atoms with E-state index in [1.165, 1.54) is 12.1 Å². The molecule has 0 bridgehead atoms. The molecule has 142 valence electrons. The van der Waals surface area contributed by atoms with Crippen LogP contribution in [0.5, 0.6) is 0 Å². The average Bonchev–Trinajstić information content (AvgIpc) is 3.25. The number of benzene rings is 1. The maximum Gasteiger partial charge on any atom is 0.236 e. The molecule has 0 atom stereocenters. The van der Waals surface area contributed by atoms with E-state index in [2.05, 4.69) is 9.80 Å². The fourth-order valence-electron chi connectivity index (χ4n) is 3.48. The minimum Gasteiger partial charge on any atom is -0.440 e. The Hall–Kier alpha value is -2.02. The van der Waals surface area contributed by atoms with Crippen molar-refractivity contribution < 1.29 is 8.81 Å². The Morgan fingerprint density at radius 3 is 2.48 bits per heavy atom. The van der Waals surface area contributed by atoms with Gasteiger partial charge in [-0.2, -0.15) is 0 Å². The fraction of sp³-hybridized carbons (Fsp3) is 0.381. The molecule has 1 aromatic carbocycles. The smallest absolute Gasteiger partial charge is 0.236 e. The minimum absolute atomic E-state index is 0.175. The van der Waals surface area contributed by atoms with Crippen molar-refractivity contribution in [3.8, 4) is 10.8 Å². The maximum absolute atomic E-state index is 13.1. The standard InChI is InChI=1S/C21H24FN3OS/c1-16-19(23-21(26-16)20-4-2-13-27-20)15-25-10-3-9-24(11-12-25)14-17-5-7-18(22)8-6-17/h2,4-8,13H,3,9-12,14-15H2,1H3. The van der Waals surface area contributed by atoms with E-state index >= 15 is 0 Å². The summed E-state index contributed by atoms with van der Waals surface area (Å²) in [5.74, 6) is 1.46. The highest BCUT2D eigenvalue weighted by molar-refractivity contribution is 7.13. The van der Waals surface area contributed by atoms with Gasteiger partial charge >= 0.3 is 0 Å². The van der Waals surface area contributed by atoms with Crippen LogP contribution in [0.3, 0.4) is 0 Å². The number of oxazole rings is 1. The van der Waals surface area contributed by atoms with Gasteiger partial charge in [0.15, 0.2) is 0 Å². The summed E-state index contributed by atoms with van der Waals surface area (Å²) in [7, 11) is 0. The Kier molecular flexibility index (Phi) is 5.66. The van der Waals surface area contributed by atoms with Gasteiger partial charge in [0.2, 0.25) is 5.89 Å². The van der Waals surface area contributed by atoms with Crippen molar-refractivity contribution in [2.75, 3.05) is 26.2 Å². The molecule has 0 spiro atoms. The van der Waals surface area contributed by atoms with Crippen molar-refractivity contribution in [2.45, 2.75) is 26.4 Å². The van der Waals surface area contributed by atoms with Gasteiger partial charge in [0.1, 0.15) is 11.6 Å². The average molecular weight is 386 g/mol. The normalized spacial score (nSPS) is 16.5. The summed E-state index contributed by atoms with van der Waals surface area (Å²) in [5, 5.41) is 2.04. The van der Waals surface area contributed by atoms with Gasteiger partial charge in [-0.1, -0.05) is 18.2 Å². The number of thiophene rings is 1. The van der Waals surface area contributed by atoms with E-state index < -0.39 is 0 Å². The summed E-state index contributed by atoms with van der Waals surface area (Å²) < 4.78 is 19.0. The molecule has 0 unspecified atom stereocenters. The van der Waals surface area contributed by atoms with Crippen molar-refractivity contribution >= 4 is 11.3 Å². The quantitative estimate of drug-likeness (QED) is 0.645. The molecule has 27 heavy (non-hydrogen) atoms. The van der Waals surface area contributed by atoms with Crippen molar-refractivity contribution in [1.29, 1.82) is 0 Å². The second-order valence-electron chi connectivity index (χ2n) is 7.03. The zero-order valence-corrected chi connectivity index (χ0v) is 16.3. The molecule has 0 aliphatic carbocycles. The Labute approximate surface area is 163 Å². The molecule has 2 aromatic heterocycles. The van der Waals surface area contributed by atoms with Crippen LogP contribution in [-0.4, -0.2) is 41.0 Å². The minimum atomic E-state index is -0.175. The predicted octanol–water partition coefficient (Wildman–Crippen LogP) is 4.56. The van der Waals surface area contributed by atoms with Crippen LogP contribution < -0.4 is 0 Å². The monoisotopic (exact) mass is 385 g/mol. The van der Waals surface area contributed by atoms with Gasteiger partial charge in [0, 0.05) is 26.2 Å². The third-order valence-electron chi connectivity index (χ3n) is 5.00. The van der Waals surface area contributed by atoms with Gasteiger partial charge in [-0.3, -0.25) is 9.80 Å². The first-order valence-electron chi connectivity index (χ1n) is 9.37. The lowest BCUT2D eigenvalue weighted by molar-refractivity contribution is 0.245. The number of aromatic nitrogens is 1. The van der Waals surface area contributed by atoms with Gasteiger partial charge in [-0.15, -0.1) is 11.3 Å². The highest BCUT2D eigenvalue weighted by Gasteiger charge is 2.19. The zero-order chi connectivity index (χ0) is 18.6. The van der Waals surface area contributed by atoms with Crippen LogP contribution in [0.25, 0.3) is 10.8 Å². The summed E-state index contributed by atoms with van der Waals surface area (Å²) in [6, 6.07) is 10.9. The lowest BCUT2D eigenvalue weighted by Gasteiger charge is -2.21. The molecule has 0 saturated carbocycles. The van der Waals surface area contributed by atoms with E-state index in [1.54, 1.807) is 11.3 Å². The second-order valence-corrected chi connectivity index (χ2v) is 7.98. The van der Waals surface area contributed by atoms with Crippen LogP contribution in [-0.2, 0) is 13.1 Å². The summed E-state index contributed by atoms with van der Waals surface area (Å²) in [4.78, 5) is 10.7. The van der Waals surface area contributed by atoms with Crippen LogP contribution >= 0.6 is 11.3 Å². The van der Waals surface area contributed by atoms with Gasteiger partial charge in [0.05, 0.1) is 10.6 Å².